The van der Waals surface area contributed by atoms with E-state index in [-0.39, 0.29) is 0 Å². The SMILES string of the molecule is O=C(O)Oc1c(O)c(F)c(F)c(F)c1F. The first-order valence-corrected chi connectivity index (χ1v) is 3.32. The summed E-state index contributed by atoms with van der Waals surface area (Å²) in [5.74, 6) is -12.2. The molecule has 4 nitrogen and oxygen atoms in total. The van der Waals surface area contributed by atoms with Gasteiger partial charge in [0.2, 0.25) is 34.8 Å². The van der Waals surface area contributed by atoms with Gasteiger partial charge in [-0.05, 0) is 0 Å². The number of phenolic OH excluding ortho intramolecular Hbond substituents is 1. The van der Waals surface area contributed by atoms with Gasteiger partial charge in [-0.1, -0.05) is 0 Å². The number of hydrogen-bond acceptors (Lipinski definition) is 3. The van der Waals surface area contributed by atoms with Gasteiger partial charge in [0.15, 0.2) is 0 Å². The number of carbonyl (C=O) groups is 1. The van der Waals surface area contributed by atoms with Gasteiger partial charge >= 0.3 is 6.16 Å². The number of rotatable bonds is 1. The van der Waals surface area contributed by atoms with Gasteiger partial charge < -0.3 is 14.9 Å². The molecule has 0 aliphatic carbocycles. The lowest BCUT2D eigenvalue weighted by Gasteiger charge is -2.06. The number of benzene rings is 1. The van der Waals surface area contributed by atoms with Crippen LogP contribution in [0.25, 0.3) is 0 Å². The third-order valence-electron chi connectivity index (χ3n) is 1.39. The first-order chi connectivity index (χ1) is 6.86. The predicted molar refractivity (Wildman–Crippen MR) is 36.6 cm³/mol. The van der Waals surface area contributed by atoms with Gasteiger partial charge in [-0.3, -0.25) is 0 Å². The Morgan fingerprint density at radius 1 is 1.00 bits per heavy atom. The fraction of sp³-hybridized carbons (Fsp3) is 0. The maximum Gasteiger partial charge on any atom is 0.511 e. The Morgan fingerprint density at radius 2 is 1.47 bits per heavy atom. The van der Waals surface area contributed by atoms with Gasteiger partial charge in [-0.25, -0.2) is 13.6 Å². The lowest BCUT2D eigenvalue weighted by Crippen LogP contribution is -2.08. The molecule has 0 heterocycles. The molecule has 0 unspecified atom stereocenters. The smallest absolute Gasteiger partial charge is 0.502 e. The summed E-state index contributed by atoms with van der Waals surface area (Å²) in [6.45, 7) is 0. The van der Waals surface area contributed by atoms with Gasteiger partial charge in [-0.15, -0.1) is 0 Å². The maximum atomic E-state index is 12.7. The first kappa shape index (κ1) is 11.1. The van der Waals surface area contributed by atoms with Gasteiger partial charge in [0, 0.05) is 0 Å². The van der Waals surface area contributed by atoms with Crippen LogP contribution in [0, 0.1) is 23.3 Å². The molecule has 0 atom stereocenters. The van der Waals surface area contributed by atoms with Crippen molar-refractivity contribution in [2.45, 2.75) is 0 Å². The third kappa shape index (κ3) is 1.78. The highest BCUT2D eigenvalue weighted by atomic mass is 19.2. The van der Waals surface area contributed by atoms with E-state index >= 15 is 0 Å². The van der Waals surface area contributed by atoms with Crippen LogP contribution in [0.2, 0.25) is 0 Å². The zero-order valence-corrected chi connectivity index (χ0v) is 6.72. The van der Waals surface area contributed by atoms with E-state index in [9.17, 15) is 22.4 Å². The predicted octanol–water partition coefficient (Wildman–Crippen LogP) is 2.01. The quantitative estimate of drug-likeness (QED) is 0.252. The van der Waals surface area contributed by atoms with Crippen LogP contribution in [0.3, 0.4) is 0 Å². The fourth-order valence-corrected chi connectivity index (χ4v) is 0.780. The molecule has 0 saturated heterocycles. The molecule has 82 valence electrons. The number of ether oxygens (including phenoxy) is 1. The first-order valence-electron chi connectivity index (χ1n) is 3.32. The number of carboxylic acid groups (broad SMARTS) is 1. The normalized spacial score (nSPS) is 10.1. The molecule has 15 heavy (non-hydrogen) atoms. The second-order valence-corrected chi connectivity index (χ2v) is 2.30. The van der Waals surface area contributed by atoms with Crippen LogP contribution in [-0.4, -0.2) is 16.4 Å². The molecule has 0 saturated carbocycles. The monoisotopic (exact) mass is 226 g/mol. The van der Waals surface area contributed by atoms with Crippen molar-refractivity contribution in [3.63, 3.8) is 0 Å². The van der Waals surface area contributed by atoms with E-state index in [0.29, 0.717) is 0 Å². The Bertz CT molecular complexity index is 402. The summed E-state index contributed by atoms with van der Waals surface area (Å²) in [5, 5.41) is 16.8. The topological polar surface area (TPSA) is 66.8 Å². The van der Waals surface area contributed by atoms with Crippen molar-refractivity contribution in [3.05, 3.63) is 23.3 Å². The molecule has 0 radical (unpaired) electrons. The summed E-state index contributed by atoms with van der Waals surface area (Å²) in [5.41, 5.74) is 0. The highest BCUT2D eigenvalue weighted by Crippen LogP contribution is 2.35. The molecular formula is C7H2F4O4. The minimum absolute atomic E-state index is 1.63. The lowest BCUT2D eigenvalue weighted by atomic mass is 10.2. The molecule has 0 aliphatic rings. The van der Waals surface area contributed by atoms with E-state index in [4.69, 9.17) is 10.2 Å². The summed E-state index contributed by atoms with van der Waals surface area (Å²) in [6.07, 6.45) is -2.12. The molecule has 0 aliphatic heterocycles. The largest absolute Gasteiger partial charge is 0.511 e. The Balaban J connectivity index is 3.45. The van der Waals surface area contributed by atoms with E-state index in [1.807, 2.05) is 0 Å². The molecule has 0 bridgehead atoms. The maximum absolute atomic E-state index is 12.7. The second kappa shape index (κ2) is 3.64. The van der Waals surface area contributed by atoms with Crippen LogP contribution < -0.4 is 4.74 Å². The summed E-state index contributed by atoms with van der Waals surface area (Å²) < 4.78 is 53.8. The number of halogens is 4. The molecule has 0 aromatic heterocycles. The summed E-state index contributed by atoms with van der Waals surface area (Å²) in [6, 6.07) is 0. The highest BCUT2D eigenvalue weighted by Gasteiger charge is 2.27. The van der Waals surface area contributed by atoms with E-state index in [1.54, 1.807) is 0 Å². The van der Waals surface area contributed by atoms with Gasteiger partial charge in [-0.2, -0.15) is 8.78 Å². The van der Waals surface area contributed by atoms with Crippen LogP contribution in [0.15, 0.2) is 0 Å². The summed E-state index contributed by atoms with van der Waals surface area (Å²) in [4.78, 5) is 9.94. The van der Waals surface area contributed by atoms with Crippen molar-refractivity contribution >= 4 is 6.16 Å². The van der Waals surface area contributed by atoms with Crippen LogP contribution in [0.1, 0.15) is 0 Å². The van der Waals surface area contributed by atoms with Crippen molar-refractivity contribution in [3.8, 4) is 11.5 Å². The van der Waals surface area contributed by atoms with Crippen molar-refractivity contribution in [2.75, 3.05) is 0 Å². The number of phenols is 1. The zero-order valence-electron chi connectivity index (χ0n) is 6.72. The molecule has 1 aromatic carbocycles. The highest BCUT2D eigenvalue weighted by molar-refractivity contribution is 5.63. The molecule has 1 rings (SSSR count). The number of aromatic hydroxyl groups is 1. The Hall–Kier alpha value is -1.99. The molecule has 1 aromatic rings. The van der Waals surface area contributed by atoms with E-state index in [2.05, 4.69) is 4.74 Å². The van der Waals surface area contributed by atoms with Crippen LogP contribution in [0.4, 0.5) is 22.4 Å². The second-order valence-electron chi connectivity index (χ2n) is 2.30. The summed E-state index contributed by atoms with van der Waals surface area (Å²) >= 11 is 0. The Kier molecular flexibility index (Phi) is 2.69. The average Bonchev–Trinajstić information content (AvgIpc) is 2.18. The molecule has 2 N–H and O–H groups in total. The van der Waals surface area contributed by atoms with Gasteiger partial charge in [0.25, 0.3) is 0 Å². The molecular weight excluding hydrogens is 224 g/mol. The molecule has 0 amide bonds. The standard InChI is InChI=1S/C7H2F4O4/c8-1-2(9)4(11)6(15-7(13)14)5(12)3(1)10/h12H,(H,13,14). The van der Waals surface area contributed by atoms with Crippen LogP contribution >= 0.6 is 0 Å². The van der Waals surface area contributed by atoms with Gasteiger partial charge in [0.05, 0.1) is 0 Å². The molecule has 0 spiro atoms. The van der Waals surface area contributed by atoms with E-state index in [0.717, 1.165) is 0 Å². The zero-order chi connectivity index (χ0) is 11.7. The minimum atomic E-state index is -2.28. The van der Waals surface area contributed by atoms with E-state index < -0.39 is 40.9 Å². The van der Waals surface area contributed by atoms with Crippen molar-refractivity contribution in [1.82, 2.24) is 0 Å². The Morgan fingerprint density at radius 3 is 1.93 bits per heavy atom. The van der Waals surface area contributed by atoms with E-state index in [1.165, 1.54) is 0 Å². The molecule has 8 heteroatoms. The summed E-state index contributed by atoms with van der Waals surface area (Å²) in [7, 11) is 0. The molecule has 0 fully saturated rings. The van der Waals surface area contributed by atoms with Crippen molar-refractivity contribution in [1.29, 1.82) is 0 Å². The Labute approximate surface area is 79.3 Å². The van der Waals surface area contributed by atoms with Crippen LogP contribution in [0.5, 0.6) is 11.5 Å². The minimum Gasteiger partial charge on any atom is -0.502 e. The average molecular weight is 226 g/mol. The third-order valence-corrected chi connectivity index (χ3v) is 1.39. The van der Waals surface area contributed by atoms with Crippen molar-refractivity contribution in [2.24, 2.45) is 0 Å². The van der Waals surface area contributed by atoms with Crippen LogP contribution in [-0.2, 0) is 0 Å². The van der Waals surface area contributed by atoms with Gasteiger partial charge in [0.1, 0.15) is 0 Å². The lowest BCUT2D eigenvalue weighted by molar-refractivity contribution is 0.139. The fourth-order valence-electron chi connectivity index (χ4n) is 0.780. The number of hydrogen-bond donors (Lipinski definition) is 2. The van der Waals surface area contributed by atoms with Crippen molar-refractivity contribution < 1.29 is 37.3 Å².